The molecule has 2 nitrogen and oxygen atoms in total. The molecule has 112 valence electrons. The molecule has 0 aromatic heterocycles. The quantitative estimate of drug-likeness (QED) is 0.710. The van der Waals surface area contributed by atoms with Gasteiger partial charge in [-0.2, -0.15) is 0 Å². The van der Waals surface area contributed by atoms with Gasteiger partial charge in [0, 0.05) is 6.54 Å². The van der Waals surface area contributed by atoms with Crippen LogP contribution in [0.15, 0.2) is 30.3 Å². The molecule has 0 spiro atoms. The van der Waals surface area contributed by atoms with Crippen molar-refractivity contribution in [1.29, 1.82) is 0 Å². The van der Waals surface area contributed by atoms with Crippen molar-refractivity contribution in [3.05, 3.63) is 30.3 Å². The summed E-state index contributed by atoms with van der Waals surface area (Å²) in [6.45, 7) is 5.39. The molecule has 1 N–H and O–H groups in total. The van der Waals surface area contributed by atoms with Crippen LogP contribution < -0.4 is 10.1 Å². The Kier molecular flexibility index (Phi) is 6.38. The van der Waals surface area contributed by atoms with Crippen LogP contribution in [0.25, 0.3) is 0 Å². The van der Waals surface area contributed by atoms with Crippen molar-refractivity contribution in [1.82, 2.24) is 5.32 Å². The molecule has 1 aromatic carbocycles. The van der Waals surface area contributed by atoms with Crippen LogP contribution in [0.3, 0.4) is 0 Å². The van der Waals surface area contributed by atoms with Crippen molar-refractivity contribution in [3.63, 3.8) is 0 Å². The number of rotatable bonds is 8. The molecule has 0 radical (unpaired) electrons. The van der Waals surface area contributed by atoms with E-state index in [4.69, 9.17) is 4.74 Å². The molecule has 1 saturated carbocycles. The number of hydrogen-bond acceptors (Lipinski definition) is 2. The summed E-state index contributed by atoms with van der Waals surface area (Å²) >= 11 is 0. The minimum absolute atomic E-state index is 0.474. The van der Waals surface area contributed by atoms with Gasteiger partial charge in [-0.15, -0.1) is 0 Å². The number of para-hydroxylation sites is 1. The van der Waals surface area contributed by atoms with Gasteiger partial charge in [-0.05, 0) is 49.8 Å². The molecule has 1 aromatic rings. The third-order valence-electron chi connectivity index (χ3n) is 4.49. The first kappa shape index (κ1) is 15.4. The monoisotopic (exact) mass is 275 g/mol. The van der Waals surface area contributed by atoms with Gasteiger partial charge in [0.25, 0.3) is 0 Å². The van der Waals surface area contributed by atoms with Crippen molar-refractivity contribution < 1.29 is 4.74 Å². The molecule has 20 heavy (non-hydrogen) atoms. The minimum atomic E-state index is 0.474. The van der Waals surface area contributed by atoms with Crippen molar-refractivity contribution in [2.45, 2.75) is 51.9 Å². The van der Waals surface area contributed by atoms with E-state index in [0.717, 1.165) is 18.9 Å². The van der Waals surface area contributed by atoms with Crippen molar-refractivity contribution in [3.8, 4) is 5.75 Å². The summed E-state index contributed by atoms with van der Waals surface area (Å²) in [5.41, 5.74) is 0.474. The van der Waals surface area contributed by atoms with Crippen LogP contribution in [-0.2, 0) is 0 Å². The van der Waals surface area contributed by atoms with Crippen LogP contribution in [-0.4, -0.2) is 19.7 Å². The molecule has 0 bridgehead atoms. The van der Waals surface area contributed by atoms with E-state index in [1.165, 1.54) is 51.5 Å². The molecule has 0 atom stereocenters. The second-order valence-corrected chi connectivity index (χ2v) is 6.15. The fraction of sp³-hybridized carbons (Fsp3) is 0.667. The van der Waals surface area contributed by atoms with E-state index in [9.17, 15) is 0 Å². The lowest BCUT2D eigenvalue weighted by atomic mass is 9.72. The zero-order valence-corrected chi connectivity index (χ0v) is 12.9. The summed E-state index contributed by atoms with van der Waals surface area (Å²) in [5.74, 6) is 1.000. The highest BCUT2D eigenvalue weighted by Crippen LogP contribution is 2.38. The molecule has 0 aliphatic heterocycles. The number of nitrogens with one attached hydrogen (secondary N) is 1. The van der Waals surface area contributed by atoms with E-state index in [1.807, 2.05) is 30.3 Å². The Labute approximate surface area is 123 Å². The highest BCUT2D eigenvalue weighted by molar-refractivity contribution is 5.20. The second kappa shape index (κ2) is 8.31. The normalized spacial score (nSPS) is 17.9. The number of ether oxygens (including phenoxy) is 1. The minimum Gasteiger partial charge on any atom is -0.494 e. The largest absolute Gasteiger partial charge is 0.494 e. The SMILES string of the molecule is CCCNCC1(CCOc2ccccc2)CCCCC1. The van der Waals surface area contributed by atoms with Crippen molar-refractivity contribution in [2.24, 2.45) is 5.41 Å². The van der Waals surface area contributed by atoms with Gasteiger partial charge < -0.3 is 10.1 Å². The lowest BCUT2D eigenvalue weighted by Gasteiger charge is -2.37. The van der Waals surface area contributed by atoms with E-state index >= 15 is 0 Å². The highest BCUT2D eigenvalue weighted by atomic mass is 16.5. The summed E-state index contributed by atoms with van der Waals surface area (Å²) in [5, 5.41) is 3.64. The maximum absolute atomic E-state index is 5.91. The summed E-state index contributed by atoms with van der Waals surface area (Å²) in [6.07, 6.45) is 9.31. The maximum Gasteiger partial charge on any atom is 0.119 e. The van der Waals surface area contributed by atoms with Gasteiger partial charge in [0.1, 0.15) is 5.75 Å². The van der Waals surface area contributed by atoms with E-state index in [2.05, 4.69) is 12.2 Å². The molecular weight excluding hydrogens is 246 g/mol. The first-order valence-corrected chi connectivity index (χ1v) is 8.23. The van der Waals surface area contributed by atoms with E-state index in [-0.39, 0.29) is 0 Å². The molecule has 1 aliphatic carbocycles. The van der Waals surface area contributed by atoms with Gasteiger partial charge in [-0.1, -0.05) is 44.4 Å². The molecule has 1 fully saturated rings. The predicted octanol–water partition coefficient (Wildman–Crippen LogP) is 4.41. The van der Waals surface area contributed by atoms with Crippen LogP contribution >= 0.6 is 0 Å². The van der Waals surface area contributed by atoms with Crippen LogP contribution in [0.1, 0.15) is 51.9 Å². The lowest BCUT2D eigenvalue weighted by Crippen LogP contribution is -2.37. The van der Waals surface area contributed by atoms with Crippen molar-refractivity contribution >= 4 is 0 Å². The lowest BCUT2D eigenvalue weighted by molar-refractivity contribution is 0.134. The Morgan fingerprint density at radius 2 is 1.85 bits per heavy atom. The fourth-order valence-electron chi connectivity index (χ4n) is 3.25. The van der Waals surface area contributed by atoms with Gasteiger partial charge in [-0.25, -0.2) is 0 Å². The highest BCUT2D eigenvalue weighted by Gasteiger charge is 2.31. The first-order chi connectivity index (χ1) is 9.85. The predicted molar refractivity (Wildman–Crippen MR) is 85.2 cm³/mol. The molecule has 2 heteroatoms. The fourth-order valence-corrected chi connectivity index (χ4v) is 3.25. The average molecular weight is 275 g/mol. The molecule has 0 heterocycles. The van der Waals surface area contributed by atoms with Crippen LogP contribution in [0, 0.1) is 5.41 Å². The average Bonchev–Trinajstić information content (AvgIpc) is 2.50. The Morgan fingerprint density at radius 1 is 1.10 bits per heavy atom. The number of benzene rings is 1. The summed E-state index contributed by atoms with van der Waals surface area (Å²) in [4.78, 5) is 0. The summed E-state index contributed by atoms with van der Waals surface area (Å²) < 4.78 is 5.91. The van der Waals surface area contributed by atoms with Gasteiger partial charge in [0.2, 0.25) is 0 Å². The Bertz CT molecular complexity index is 357. The molecular formula is C18H29NO. The Hall–Kier alpha value is -1.02. The Morgan fingerprint density at radius 3 is 2.55 bits per heavy atom. The van der Waals surface area contributed by atoms with Gasteiger partial charge in [0.05, 0.1) is 6.61 Å². The smallest absolute Gasteiger partial charge is 0.119 e. The molecule has 0 unspecified atom stereocenters. The molecule has 0 amide bonds. The maximum atomic E-state index is 5.91. The summed E-state index contributed by atoms with van der Waals surface area (Å²) in [6, 6.07) is 10.2. The van der Waals surface area contributed by atoms with Gasteiger partial charge >= 0.3 is 0 Å². The molecule has 1 aliphatic rings. The molecule has 0 saturated heterocycles. The van der Waals surface area contributed by atoms with Crippen molar-refractivity contribution in [2.75, 3.05) is 19.7 Å². The first-order valence-electron chi connectivity index (χ1n) is 8.23. The van der Waals surface area contributed by atoms with E-state index in [0.29, 0.717) is 5.41 Å². The summed E-state index contributed by atoms with van der Waals surface area (Å²) in [7, 11) is 0. The van der Waals surface area contributed by atoms with Crippen LogP contribution in [0.2, 0.25) is 0 Å². The standard InChI is InChI=1S/C18H29NO/c1-2-14-19-16-18(11-7-4-8-12-18)13-15-20-17-9-5-3-6-10-17/h3,5-6,9-10,19H,2,4,7-8,11-16H2,1H3. The topological polar surface area (TPSA) is 21.3 Å². The van der Waals surface area contributed by atoms with Gasteiger partial charge in [0.15, 0.2) is 0 Å². The zero-order chi connectivity index (χ0) is 14.1. The Balaban J connectivity index is 1.80. The van der Waals surface area contributed by atoms with Crippen LogP contribution in [0.5, 0.6) is 5.75 Å². The zero-order valence-electron chi connectivity index (χ0n) is 12.9. The van der Waals surface area contributed by atoms with Crippen LogP contribution in [0.4, 0.5) is 0 Å². The molecule has 2 rings (SSSR count). The van der Waals surface area contributed by atoms with E-state index in [1.54, 1.807) is 0 Å². The van der Waals surface area contributed by atoms with Gasteiger partial charge in [-0.3, -0.25) is 0 Å². The van der Waals surface area contributed by atoms with E-state index < -0.39 is 0 Å². The number of hydrogen-bond donors (Lipinski definition) is 1. The third kappa shape index (κ3) is 4.82. The second-order valence-electron chi connectivity index (χ2n) is 6.15. The third-order valence-corrected chi connectivity index (χ3v) is 4.49.